The van der Waals surface area contributed by atoms with Gasteiger partial charge in [-0.25, -0.2) is 9.59 Å². The lowest BCUT2D eigenvalue weighted by atomic mass is 10.1. The highest BCUT2D eigenvalue weighted by molar-refractivity contribution is 5.82. The van der Waals surface area contributed by atoms with E-state index in [1.54, 1.807) is 0 Å². The van der Waals surface area contributed by atoms with Gasteiger partial charge in [-0.3, -0.25) is 0 Å². The summed E-state index contributed by atoms with van der Waals surface area (Å²) in [5.41, 5.74) is 0. The Morgan fingerprint density at radius 3 is 2.16 bits per heavy atom. The van der Waals surface area contributed by atoms with E-state index in [4.69, 9.17) is 5.11 Å². The molecule has 0 bridgehead atoms. The normalized spacial score (nSPS) is 20.1. The molecular formula is C14H24N2O3. The molecule has 0 heterocycles. The van der Waals surface area contributed by atoms with Crippen molar-refractivity contribution in [3.05, 3.63) is 0 Å². The number of amides is 2. The van der Waals surface area contributed by atoms with Gasteiger partial charge in [0.05, 0.1) is 0 Å². The van der Waals surface area contributed by atoms with E-state index in [-0.39, 0.29) is 12.1 Å². The Balaban J connectivity index is 1.78. The zero-order valence-corrected chi connectivity index (χ0v) is 11.5. The Hall–Kier alpha value is -1.26. The second-order valence-electron chi connectivity index (χ2n) is 5.85. The van der Waals surface area contributed by atoms with Gasteiger partial charge in [-0.2, -0.15) is 0 Å². The van der Waals surface area contributed by atoms with Gasteiger partial charge in [0.1, 0.15) is 6.04 Å². The zero-order valence-electron chi connectivity index (χ0n) is 11.5. The number of aliphatic carboxylic acids is 1. The van der Waals surface area contributed by atoms with E-state index in [0.717, 1.165) is 12.8 Å². The second-order valence-corrected chi connectivity index (χ2v) is 5.85. The maximum atomic E-state index is 11.9. The molecule has 2 aliphatic carbocycles. The van der Waals surface area contributed by atoms with Gasteiger partial charge in [0, 0.05) is 6.04 Å². The predicted octanol–water partition coefficient (Wildman–Crippen LogP) is 2.12. The zero-order chi connectivity index (χ0) is 13.8. The molecule has 0 aromatic carbocycles. The van der Waals surface area contributed by atoms with E-state index in [1.807, 2.05) is 6.92 Å². The summed E-state index contributed by atoms with van der Waals surface area (Å²) in [6.07, 6.45) is 7.01. The van der Waals surface area contributed by atoms with Crippen LogP contribution in [-0.4, -0.2) is 29.2 Å². The van der Waals surface area contributed by atoms with Crippen molar-refractivity contribution in [3.8, 4) is 0 Å². The average Bonchev–Trinajstić information content (AvgIpc) is 3.24. The number of hydrogen-bond acceptors (Lipinski definition) is 2. The molecule has 0 spiro atoms. The largest absolute Gasteiger partial charge is 0.480 e. The SMILES string of the molecule is CCCCC(NC(=O)NC(C1CC1)C1CC1)C(=O)O. The maximum Gasteiger partial charge on any atom is 0.326 e. The number of carbonyl (C=O) groups is 2. The standard InChI is InChI=1S/C14H24N2O3/c1-2-3-4-11(13(17)18)15-14(19)16-12(9-5-6-9)10-7-8-10/h9-12H,2-8H2,1H3,(H,17,18)(H2,15,16,19). The average molecular weight is 268 g/mol. The monoisotopic (exact) mass is 268 g/mol. The molecule has 0 aromatic rings. The minimum absolute atomic E-state index is 0.264. The number of unbranched alkanes of at least 4 members (excludes halogenated alkanes) is 1. The third-order valence-corrected chi connectivity index (χ3v) is 4.01. The molecule has 108 valence electrons. The van der Waals surface area contributed by atoms with E-state index in [0.29, 0.717) is 18.3 Å². The van der Waals surface area contributed by atoms with Crippen LogP contribution < -0.4 is 10.6 Å². The molecule has 2 saturated carbocycles. The summed E-state index contributed by atoms with van der Waals surface area (Å²) in [7, 11) is 0. The fourth-order valence-corrected chi connectivity index (χ4v) is 2.55. The van der Waals surface area contributed by atoms with Crippen LogP contribution in [0.25, 0.3) is 0 Å². The van der Waals surface area contributed by atoms with Crippen LogP contribution in [0.3, 0.4) is 0 Å². The van der Waals surface area contributed by atoms with Gasteiger partial charge in [0.15, 0.2) is 0 Å². The summed E-state index contributed by atoms with van der Waals surface area (Å²) >= 11 is 0. The molecule has 0 aromatic heterocycles. The molecule has 0 aliphatic heterocycles. The first-order valence-electron chi connectivity index (χ1n) is 7.41. The number of nitrogens with one attached hydrogen (secondary N) is 2. The molecule has 5 nitrogen and oxygen atoms in total. The molecule has 0 saturated heterocycles. The molecule has 5 heteroatoms. The number of urea groups is 1. The van der Waals surface area contributed by atoms with Crippen LogP contribution in [0.4, 0.5) is 4.79 Å². The van der Waals surface area contributed by atoms with Crippen molar-refractivity contribution in [1.82, 2.24) is 10.6 Å². The molecule has 2 fully saturated rings. The fourth-order valence-electron chi connectivity index (χ4n) is 2.55. The van der Waals surface area contributed by atoms with Crippen LogP contribution in [0.5, 0.6) is 0 Å². The third-order valence-electron chi connectivity index (χ3n) is 4.01. The topological polar surface area (TPSA) is 78.4 Å². The van der Waals surface area contributed by atoms with Gasteiger partial charge in [-0.1, -0.05) is 19.8 Å². The Kier molecular flexibility index (Phi) is 4.66. The van der Waals surface area contributed by atoms with Crippen molar-refractivity contribution in [3.63, 3.8) is 0 Å². The van der Waals surface area contributed by atoms with Crippen molar-refractivity contribution in [2.75, 3.05) is 0 Å². The summed E-state index contributed by atoms with van der Waals surface area (Å²) in [5, 5.41) is 14.7. The van der Waals surface area contributed by atoms with Crippen molar-refractivity contribution < 1.29 is 14.7 Å². The quantitative estimate of drug-likeness (QED) is 0.631. The van der Waals surface area contributed by atoms with E-state index in [2.05, 4.69) is 10.6 Å². The second kappa shape index (κ2) is 6.26. The lowest BCUT2D eigenvalue weighted by Crippen LogP contribution is -2.50. The van der Waals surface area contributed by atoms with E-state index < -0.39 is 12.0 Å². The van der Waals surface area contributed by atoms with E-state index in [1.165, 1.54) is 25.7 Å². The molecule has 2 amide bonds. The van der Waals surface area contributed by atoms with Crippen molar-refractivity contribution in [1.29, 1.82) is 0 Å². The third kappa shape index (κ3) is 4.40. The van der Waals surface area contributed by atoms with E-state index in [9.17, 15) is 9.59 Å². The van der Waals surface area contributed by atoms with Crippen molar-refractivity contribution >= 4 is 12.0 Å². The molecule has 0 radical (unpaired) electrons. The molecule has 1 unspecified atom stereocenters. The molecule has 2 rings (SSSR count). The molecule has 19 heavy (non-hydrogen) atoms. The minimum atomic E-state index is -0.946. The van der Waals surface area contributed by atoms with Crippen LogP contribution >= 0.6 is 0 Å². The predicted molar refractivity (Wildman–Crippen MR) is 71.9 cm³/mol. The van der Waals surface area contributed by atoms with Crippen LogP contribution in [0, 0.1) is 11.8 Å². The number of carboxylic acids is 1. The summed E-state index contributed by atoms with van der Waals surface area (Å²) in [4.78, 5) is 23.0. The lowest BCUT2D eigenvalue weighted by Gasteiger charge is -2.20. The first-order valence-corrected chi connectivity index (χ1v) is 7.41. The molecular weight excluding hydrogens is 244 g/mol. The number of carbonyl (C=O) groups excluding carboxylic acids is 1. The lowest BCUT2D eigenvalue weighted by molar-refractivity contribution is -0.139. The molecule has 1 atom stereocenters. The van der Waals surface area contributed by atoms with E-state index >= 15 is 0 Å². The Labute approximate surface area is 114 Å². The van der Waals surface area contributed by atoms with Gasteiger partial charge in [0.25, 0.3) is 0 Å². The summed E-state index contributed by atoms with van der Waals surface area (Å²) in [6.45, 7) is 2.01. The van der Waals surface area contributed by atoms with Gasteiger partial charge in [-0.15, -0.1) is 0 Å². The first kappa shape index (κ1) is 14.2. The summed E-state index contributed by atoms with van der Waals surface area (Å²) in [5.74, 6) is 0.298. The summed E-state index contributed by atoms with van der Waals surface area (Å²) < 4.78 is 0. The Bertz CT molecular complexity index is 326. The minimum Gasteiger partial charge on any atom is -0.480 e. The Morgan fingerprint density at radius 1 is 1.16 bits per heavy atom. The van der Waals surface area contributed by atoms with Crippen LogP contribution in [0.1, 0.15) is 51.9 Å². The van der Waals surface area contributed by atoms with Crippen LogP contribution in [-0.2, 0) is 4.79 Å². The number of carboxylic acid groups (broad SMARTS) is 1. The van der Waals surface area contributed by atoms with Gasteiger partial charge in [0.2, 0.25) is 0 Å². The smallest absolute Gasteiger partial charge is 0.326 e. The molecule has 2 aliphatic rings. The summed E-state index contributed by atoms with van der Waals surface area (Å²) in [6, 6.07) is -0.813. The van der Waals surface area contributed by atoms with Gasteiger partial charge < -0.3 is 15.7 Å². The van der Waals surface area contributed by atoms with Gasteiger partial charge in [-0.05, 0) is 43.9 Å². The number of rotatable bonds is 8. The van der Waals surface area contributed by atoms with Crippen LogP contribution in [0.2, 0.25) is 0 Å². The van der Waals surface area contributed by atoms with Crippen molar-refractivity contribution in [2.24, 2.45) is 11.8 Å². The molecule has 3 N–H and O–H groups in total. The highest BCUT2D eigenvalue weighted by atomic mass is 16.4. The fraction of sp³-hybridized carbons (Fsp3) is 0.857. The maximum absolute atomic E-state index is 11.9. The Morgan fingerprint density at radius 2 is 1.74 bits per heavy atom. The number of hydrogen-bond donors (Lipinski definition) is 3. The highest BCUT2D eigenvalue weighted by Gasteiger charge is 2.42. The first-order chi connectivity index (χ1) is 9.11. The highest BCUT2D eigenvalue weighted by Crippen LogP contribution is 2.44. The van der Waals surface area contributed by atoms with Crippen LogP contribution in [0.15, 0.2) is 0 Å². The van der Waals surface area contributed by atoms with Crippen molar-refractivity contribution in [2.45, 2.75) is 64.0 Å². The van der Waals surface area contributed by atoms with Gasteiger partial charge >= 0.3 is 12.0 Å².